The van der Waals surface area contributed by atoms with Crippen LogP contribution >= 0.6 is 0 Å². The molecule has 1 amide bonds. The lowest BCUT2D eigenvalue weighted by atomic mass is 9.86. The lowest BCUT2D eigenvalue weighted by Gasteiger charge is -2.20. The Morgan fingerprint density at radius 3 is 2.00 bits per heavy atom. The van der Waals surface area contributed by atoms with Crippen molar-refractivity contribution in [2.45, 2.75) is 27.2 Å². The minimum Gasteiger partial charge on any atom is -0.299 e. The van der Waals surface area contributed by atoms with E-state index in [1.165, 1.54) is 13.8 Å². The van der Waals surface area contributed by atoms with Gasteiger partial charge in [-0.05, 0) is 13.8 Å². The first kappa shape index (κ1) is 13.1. The highest BCUT2D eigenvalue weighted by molar-refractivity contribution is 7.89. The van der Waals surface area contributed by atoms with Gasteiger partial charge in [0.2, 0.25) is 15.9 Å². The number of rotatable bonds is 4. The van der Waals surface area contributed by atoms with Crippen LogP contribution in [0.25, 0.3) is 0 Å². The molecule has 0 aliphatic rings. The largest absolute Gasteiger partial charge is 0.299 e. The van der Waals surface area contributed by atoms with Crippen molar-refractivity contribution >= 4 is 21.7 Å². The molecular weight excluding hydrogens is 206 g/mol. The Morgan fingerprint density at radius 2 is 1.71 bits per heavy atom. The molecule has 5 nitrogen and oxygen atoms in total. The van der Waals surface area contributed by atoms with Crippen LogP contribution < -0.4 is 4.72 Å². The van der Waals surface area contributed by atoms with Crippen molar-refractivity contribution in [3.63, 3.8) is 0 Å². The molecule has 0 aromatic rings. The summed E-state index contributed by atoms with van der Waals surface area (Å²) in [5.41, 5.74) is -1.29. The van der Waals surface area contributed by atoms with E-state index >= 15 is 0 Å². The van der Waals surface area contributed by atoms with Crippen molar-refractivity contribution in [2.24, 2.45) is 5.41 Å². The number of amides is 1. The SMILES string of the molecule is CCC(=O)C(C)(C)C(=O)NS(C)(=O)=O. The summed E-state index contributed by atoms with van der Waals surface area (Å²) in [4.78, 5) is 22.7. The Balaban J connectivity index is 4.78. The van der Waals surface area contributed by atoms with Crippen molar-refractivity contribution in [1.82, 2.24) is 4.72 Å². The number of carbonyl (C=O) groups is 2. The van der Waals surface area contributed by atoms with E-state index in [9.17, 15) is 18.0 Å². The molecule has 0 spiro atoms. The minimum absolute atomic E-state index is 0.199. The number of Topliss-reactive ketones (excluding diaryl/α,β-unsaturated/α-hetero) is 1. The fraction of sp³-hybridized carbons (Fsp3) is 0.750. The van der Waals surface area contributed by atoms with Gasteiger partial charge in [-0.2, -0.15) is 0 Å². The van der Waals surface area contributed by atoms with Crippen LogP contribution in [0.15, 0.2) is 0 Å². The van der Waals surface area contributed by atoms with E-state index < -0.39 is 21.3 Å². The molecule has 0 saturated carbocycles. The maximum atomic E-state index is 11.4. The number of carbonyl (C=O) groups excluding carboxylic acids is 2. The molecule has 0 saturated heterocycles. The maximum Gasteiger partial charge on any atom is 0.246 e. The monoisotopic (exact) mass is 221 g/mol. The Labute approximate surface area is 83.9 Å². The van der Waals surface area contributed by atoms with Gasteiger partial charge < -0.3 is 0 Å². The molecule has 0 heterocycles. The molecule has 0 unspecified atom stereocenters. The van der Waals surface area contributed by atoms with Gasteiger partial charge in [0.15, 0.2) is 0 Å². The van der Waals surface area contributed by atoms with Crippen molar-refractivity contribution in [1.29, 1.82) is 0 Å². The molecule has 0 aromatic carbocycles. The average Bonchev–Trinajstić information content (AvgIpc) is 1.99. The highest BCUT2D eigenvalue weighted by Crippen LogP contribution is 2.18. The molecule has 0 aliphatic carbocycles. The van der Waals surface area contributed by atoms with Crippen molar-refractivity contribution < 1.29 is 18.0 Å². The second-order valence-corrected chi connectivity index (χ2v) is 5.35. The maximum absolute atomic E-state index is 11.4. The molecule has 14 heavy (non-hydrogen) atoms. The van der Waals surface area contributed by atoms with Crippen molar-refractivity contribution in [3.05, 3.63) is 0 Å². The van der Waals surface area contributed by atoms with Crippen molar-refractivity contribution in [3.8, 4) is 0 Å². The summed E-state index contributed by atoms with van der Waals surface area (Å²) < 4.78 is 23.3. The minimum atomic E-state index is -3.60. The number of nitrogens with one attached hydrogen (secondary N) is 1. The van der Waals surface area contributed by atoms with Gasteiger partial charge in [-0.1, -0.05) is 6.92 Å². The Hall–Kier alpha value is -0.910. The summed E-state index contributed by atoms with van der Waals surface area (Å²) in [6, 6.07) is 0. The second kappa shape index (κ2) is 4.08. The summed E-state index contributed by atoms with van der Waals surface area (Å²) >= 11 is 0. The zero-order valence-electron chi connectivity index (χ0n) is 8.75. The summed E-state index contributed by atoms with van der Waals surface area (Å²) in [5.74, 6) is -1.08. The Bertz CT molecular complexity index is 342. The predicted octanol–water partition coefficient (Wildman–Crippen LogP) is 0.0675. The lowest BCUT2D eigenvalue weighted by Crippen LogP contribution is -2.44. The molecule has 0 fully saturated rings. The number of hydrogen-bond acceptors (Lipinski definition) is 4. The molecule has 0 rings (SSSR count). The van der Waals surface area contributed by atoms with Crippen LogP contribution in [0.4, 0.5) is 0 Å². The number of hydrogen-bond donors (Lipinski definition) is 1. The molecule has 0 aromatic heterocycles. The van der Waals surface area contributed by atoms with E-state index in [-0.39, 0.29) is 12.2 Å². The fourth-order valence-corrected chi connectivity index (χ4v) is 1.46. The molecule has 82 valence electrons. The zero-order valence-corrected chi connectivity index (χ0v) is 9.56. The van der Waals surface area contributed by atoms with Gasteiger partial charge in [0.25, 0.3) is 0 Å². The van der Waals surface area contributed by atoms with E-state index in [2.05, 4.69) is 0 Å². The van der Waals surface area contributed by atoms with Crippen LogP contribution in [0.5, 0.6) is 0 Å². The van der Waals surface area contributed by atoms with E-state index in [1.807, 2.05) is 0 Å². The summed E-state index contributed by atoms with van der Waals surface area (Å²) in [5, 5.41) is 0. The highest BCUT2D eigenvalue weighted by Gasteiger charge is 2.35. The normalized spacial score (nSPS) is 12.3. The van der Waals surface area contributed by atoms with Crippen LogP contribution in [0.2, 0.25) is 0 Å². The molecular formula is C8H15NO4S. The number of sulfonamides is 1. The van der Waals surface area contributed by atoms with E-state index in [1.54, 1.807) is 11.6 Å². The first-order valence-electron chi connectivity index (χ1n) is 4.16. The Kier molecular flexibility index (Phi) is 3.81. The quantitative estimate of drug-likeness (QED) is 0.681. The molecule has 6 heteroatoms. The van der Waals surface area contributed by atoms with E-state index in [0.717, 1.165) is 6.26 Å². The molecule has 0 bridgehead atoms. The smallest absolute Gasteiger partial charge is 0.246 e. The zero-order chi connectivity index (χ0) is 11.6. The highest BCUT2D eigenvalue weighted by atomic mass is 32.2. The summed E-state index contributed by atoms with van der Waals surface area (Å²) in [7, 11) is -3.60. The standard InChI is InChI=1S/C8H15NO4S/c1-5-6(10)8(2,3)7(11)9-14(4,12)13/h5H2,1-4H3,(H,9,11). The first-order chi connectivity index (χ1) is 6.11. The number of ketones is 1. The first-order valence-corrected chi connectivity index (χ1v) is 6.06. The molecule has 0 aliphatic heterocycles. The van der Waals surface area contributed by atoms with E-state index in [0.29, 0.717) is 0 Å². The lowest BCUT2D eigenvalue weighted by molar-refractivity contribution is -0.138. The van der Waals surface area contributed by atoms with Gasteiger partial charge in [0.05, 0.1) is 6.26 Å². The van der Waals surface area contributed by atoms with Crippen LogP contribution in [0, 0.1) is 5.41 Å². The van der Waals surface area contributed by atoms with Gasteiger partial charge in [0, 0.05) is 6.42 Å². The van der Waals surface area contributed by atoms with Gasteiger partial charge in [-0.25, -0.2) is 8.42 Å². The Morgan fingerprint density at radius 1 is 1.29 bits per heavy atom. The molecule has 0 atom stereocenters. The molecule has 1 N–H and O–H groups in total. The van der Waals surface area contributed by atoms with Crippen molar-refractivity contribution in [2.75, 3.05) is 6.26 Å². The summed E-state index contributed by atoms with van der Waals surface area (Å²) in [6.07, 6.45) is 1.07. The molecule has 0 radical (unpaired) electrons. The van der Waals surface area contributed by atoms with Gasteiger partial charge in [-0.3, -0.25) is 14.3 Å². The van der Waals surface area contributed by atoms with Crippen LogP contribution in [-0.2, 0) is 19.6 Å². The van der Waals surface area contributed by atoms with Gasteiger partial charge in [-0.15, -0.1) is 0 Å². The van der Waals surface area contributed by atoms with E-state index in [4.69, 9.17) is 0 Å². The third-order valence-corrected chi connectivity index (χ3v) is 2.42. The van der Waals surface area contributed by atoms with Gasteiger partial charge >= 0.3 is 0 Å². The third-order valence-electron chi connectivity index (χ3n) is 1.86. The average molecular weight is 221 g/mol. The van der Waals surface area contributed by atoms with Crippen LogP contribution in [0.3, 0.4) is 0 Å². The third kappa shape index (κ3) is 3.45. The topological polar surface area (TPSA) is 80.3 Å². The fourth-order valence-electron chi connectivity index (χ4n) is 0.865. The van der Waals surface area contributed by atoms with Crippen LogP contribution in [-0.4, -0.2) is 26.4 Å². The van der Waals surface area contributed by atoms with Gasteiger partial charge in [0.1, 0.15) is 11.2 Å². The van der Waals surface area contributed by atoms with Crippen LogP contribution in [0.1, 0.15) is 27.2 Å². The summed E-state index contributed by atoms with van der Waals surface area (Å²) in [6.45, 7) is 4.43. The predicted molar refractivity (Wildman–Crippen MR) is 52.1 cm³/mol. The second-order valence-electron chi connectivity index (χ2n) is 3.61.